The van der Waals surface area contributed by atoms with E-state index in [4.69, 9.17) is 0 Å². The maximum Gasteiger partial charge on any atom is 0.405 e. The molecule has 6 nitrogen and oxygen atoms in total. The van der Waals surface area contributed by atoms with Crippen LogP contribution in [-0.4, -0.2) is 51.4 Å². The molecule has 0 aromatic carbocycles. The molecule has 1 N–H and O–H groups in total. The quantitative estimate of drug-likeness (QED) is 0.916. The molecule has 0 bridgehead atoms. The zero-order valence-corrected chi connectivity index (χ0v) is 13.5. The number of nitrogens with one attached hydrogen (secondary N) is 1. The lowest BCUT2D eigenvalue weighted by Crippen LogP contribution is -2.48. The minimum absolute atomic E-state index is 0.168. The number of aromatic nitrogens is 2. The molecule has 2 aromatic heterocycles. The Morgan fingerprint density at radius 2 is 2.16 bits per heavy atom. The van der Waals surface area contributed by atoms with Gasteiger partial charge in [-0.05, 0) is 37.5 Å². The van der Waals surface area contributed by atoms with Crippen LogP contribution in [0.15, 0.2) is 24.5 Å². The number of hydrogen-bond acceptors (Lipinski definition) is 3. The summed E-state index contributed by atoms with van der Waals surface area (Å²) in [7, 11) is 0. The second kappa shape index (κ2) is 6.38. The standard InChI is InChI=1S/C16H17F3N4O2/c1-10-4-6-22-8-11(21-13(22)7-10)15(25)23-5-2-3-12(23)14(24)20-9-16(17,18)19/h4,6-8,12H,2-3,5,9H2,1H3,(H,20,24). The van der Waals surface area contributed by atoms with Crippen LogP contribution in [0.25, 0.3) is 5.65 Å². The third-order valence-corrected chi connectivity index (χ3v) is 4.11. The first kappa shape index (κ1) is 17.2. The number of likely N-dealkylation sites (tertiary alicyclic amines) is 1. The van der Waals surface area contributed by atoms with Crippen LogP contribution in [0.2, 0.25) is 0 Å². The molecule has 2 aromatic rings. The summed E-state index contributed by atoms with van der Waals surface area (Å²) < 4.78 is 38.5. The fourth-order valence-corrected chi connectivity index (χ4v) is 2.92. The van der Waals surface area contributed by atoms with Crippen molar-refractivity contribution in [2.45, 2.75) is 32.0 Å². The topological polar surface area (TPSA) is 66.7 Å². The Balaban J connectivity index is 1.76. The highest BCUT2D eigenvalue weighted by molar-refractivity contribution is 5.97. The van der Waals surface area contributed by atoms with Gasteiger partial charge in [-0.25, -0.2) is 4.98 Å². The average Bonchev–Trinajstić information content (AvgIpc) is 3.17. The number of amides is 2. The van der Waals surface area contributed by atoms with E-state index >= 15 is 0 Å². The number of hydrogen-bond donors (Lipinski definition) is 1. The maximum absolute atomic E-state index is 12.7. The van der Waals surface area contributed by atoms with Crippen LogP contribution in [-0.2, 0) is 4.79 Å². The highest BCUT2D eigenvalue weighted by atomic mass is 19.4. The summed E-state index contributed by atoms with van der Waals surface area (Å²) in [5.41, 5.74) is 1.75. The molecule has 0 spiro atoms. The van der Waals surface area contributed by atoms with Crippen molar-refractivity contribution in [1.29, 1.82) is 0 Å². The van der Waals surface area contributed by atoms with Crippen LogP contribution in [0.1, 0.15) is 28.9 Å². The van der Waals surface area contributed by atoms with E-state index in [1.54, 1.807) is 16.8 Å². The smallest absolute Gasteiger partial charge is 0.345 e. The summed E-state index contributed by atoms with van der Waals surface area (Å²) in [6.45, 7) is 0.811. The first-order valence-electron chi connectivity index (χ1n) is 7.85. The third kappa shape index (κ3) is 3.75. The molecule has 0 radical (unpaired) electrons. The van der Waals surface area contributed by atoms with Crippen molar-refractivity contribution in [1.82, 2.24) is 19.6 Å². The summed E-state index contributed by atoms with van der Waals surface area (Å²) in [4.78, 5) is 30.2. The molecule has 1 unspecified atom stereocenters. The molecule has 3 rings (SSSR count). The van der Waals surface area contributed by atoms with Crippen molar-refractivity contribution in [3.8, 4) is 0 Å². The largest absolute Gasteiger partial charge is 0.405 e. The van der Waals surface area contributed by atoms with Crippen molar-refractivity contribution in [3.05, 3.63) is 35.8 Å². The fourth-order valence-electron chi connectivity index (χ4n) is 2.92. The maximum atomic E-state index is 12.7. The normalized spacial score (nSPS) is 17.9. The molecular formula is C16H17F3N4O2. The number of imidazole rings is 1. The SMILES string of the molecule is Cc1ccn2cc(C(=O)N3CCCC3C(=O)NCC(F)(F)F)nc2c1. The summed E-state index contributed by atoms with van der Waals surface area (Å²) in [5, 5.41) is 1.85. The van der Waals surface area contributed by atoms with Gasteiger partial charge in [0.2, 0.25) is 5.91 Å². The zero-order valence-electron chi connectivity index (χ0n) is 13.5. The van der Waals surface area contributed by atoms with E-state index in [1.165, 1.54) is 4.90 Å². The van der Waals surface area contributed by atoms with Crippen LogP contribution in [0.5, 0.6) is 0 Å². The van der Waals surface area contributed by atoms with E-state index in [0.717, 1.165) is 5.56 Å². The van der Waals surface area contributed by atoms with Crippen molar-refractivity contribution in [3.63, 3.8) is 0 Å². The lowest BCUT2D eigenvalue weighted by molar-refractivity contribution is -0.140. The van der Waals surface area contributed by atoms with Gasteiger partial charge in [-0.2, -0.15) is 13.2 Å². The van der Waals surface area contributed by atoms with Gasteiger partial charge in [-0.3, -0.25) is 9.59 Å². The van der Waals surface area contributed by atoms with Gasteiger partial charge in [-0.1, -0.05) is 0 Å². The number of nitrogens with zero attached hydrogens (tertiary/aromatic N) is 3. The highest BCUT2D eigenvalue weighted by Crippen LogP contribution is 2.21. The van der Waals surface area contributed by atoms with E-state index in [0.29, 0.717) is 25.0 Å². The average molecular weight is 354 g/mol. The van der Waals surface area contributed by atoms with Crippen molar-refractivity contribution < 1.29 is 22.8 Å². The Kier molecular flexibility index (Phi) is 4.40. The summed E-state index contributed by atoms with van der Waals surface area (Å²) in [6.07, 6.45) is -0.265. The fraction of sp³-hybridized carbons (Fsp3) is 0.438. The molecule has 1 atom stereocenters. The minimum atomic E-state index is -4.48. The Morgan fingerprint density at radius 1 is 1.40 bits per heavy atom. The Labute approximate surface area is 141 Å². The molecule has 25 heavy (non-hydrogen) atoms. The number of rotatable bonds is 3. The van der Waals surface area contributed by atoms with Gasteiger partial charge >= 0.3 is 6.18 Å². The number of alkyl halides is 3. The van der Waals surface area contributed by atoms with E-state index < -0.39 is 30.6 Å². The lowest BCUT2D eigenvalue weighted by Gasteiger charge is -2.23. The number of carbonyl (C=O) groups excluding carboxylic acids is 2. The number of aryl methyl sites for hydroxylation is 1. The second-order valence-electron chi connectivity index (χ2n) is 6.09. The van der Waals surface area contributed by atoms with Crippen molar-refractivity contribution in [2.75, 3.05) is 13.1 Å². The van der Waals surface area contributed by atoms with Gasteiger partial charge < -0.3 is 14.6 Å². The molecule has 9 heteroatoms. The number of fused-ring (bicyclic) bond motifs is 1. The summed E-state index contributed by atoms with van der Waals surface area (Å²) >= 11 is 0. The molecule has 2 amide bonds. The Morgan fingerprint density at radius 3 is 2.88 bits per heavy atom. The van der Waals surface area contributed by atoms with Gasteiger partial charge in [0.25, 0.3) is 5.91 Å². The van der Waals surface area contributed by atoms with Gasteiger partial charge in [0.05, 0.1) is 0 Å². The summed E-state index contributed by atoms with van der Waals surface area (Å²) in [6, 6.07) is 2.78. The lowest BCUT2D eigenvalue weighted by atomic mass is 10.2. The molecule has 134 valence electrons. The van der Waals surface area contributed by atoms with E-state index in [-0.39, 0.29) is 5.69 Å². The predicted molar refractivity (Wildman–Crippen MR) is 83.1 cm³/mol. The monoisotopic (exact) mass is 354 g/mol. The van der Waals surface area contributed by atoms with Crippen LogP contribution in [0, 0.1) is 6.92 Å². The predicted octanol–water partition coefficient (Wildman–Crippen LogP) is 1.93. The molecule has 1 aliphatic heterocycles. The first-order chi connectivity index (χ1) is 11.7. The molecule has 0 saturated carbocycles. The Bertz CT molecular complexity index is 815. The van der Waals surface area contributed by atoms with Gasteiger partial charge in [-0.15, -0.1) is 0 Å². The zero-order chi connectivity index (χ0) is 18.2. The third-order valence-electron chi connectivity index (χ3n) is 4.11. The first-order valence-corrected chi connectivity index (χ1v) is 7.85. The number of carbonyl (C=O) groups is 2. The molecule has 1 aliphatic rings. The van der Waals surface area contributed by atoms with E-state index in [1.807, 2.05) is 24.4 Å². The second-order valence-corrected chi connectivity index (χ2v) is 6.09. The molecule has 0 aliphatic carbocycles. The van der Waals surface area contributed by atoms with E-state index in [2.05, 4.69) is 4.98 Å². The number of pyridine rings is 1. The highest BCUT2D eigenvalue weighted by Gasteiger charge is 2.37. The molecule has 1 fully saturated rings. The minimum Gasteiger partial charge on any atom is -0.345 e. The van der Waals surface area contributed by atoms with Gasteiger partial charge in [0, 0.05) is 18.9 Å². The summed E-state index contributed by atoms with van der Waals surface area (Å²) in [5.74, 6) is -1.24. The van der Waals surface area contributed by atoms with Crippen LogP contribution < -0.4 is 5.32 Å². The van der Waals surface area contributed by atoms with Crippen LogP contribution >= 0.6 is 0 Å². The molecule has 1 saturated heterocycles. The van der Waals surface area contributed by atoms with Crippen LogP contribution in [0.4, 0.5) is 13.2 Å². The van der Waals surface area contributed by atoms with Crippen LogP contribution in [0.3, 0.4) is 0 Å². The Hall–Kier alpha value is -2.58. The molecular weight excluding hydrogens is 337 g/mol. The van der Waals surface area contributed by atoms with Gasteiger partial charge in [0.1, 0.15) is 23.9 Å². The van der Waals surface area contributed by atoms with Crippen molar-refractivity contribution in [2.24, 2.45) is 0 Å². The van der Waals surface area contributed by atoms with Crippen molar-refractivity contribution >= 4 is 17.5 Å². The number of halogens is 3. The molecule has 3 heterocycles. The van der Waals surface area contributed by atoms with E-state index in [9.17, 15) is 22.8 Å². The van der Waals surface area contributed by atoms with Gasteiger partial charge in [0.15, 0.2) is 0 Å².